The van der Waals surface area contributed by atoms with Crippen LogP contribution in [0, 0.1) is 13.8 Å². The molecule has 0 unspecified atom stereocenters. The van der Waals surface area contributed by atoms with E-state index in [0.29, 0.717) is 5.13 Å². The van der Waals surface area contributed by atoms with Gasteiger partial charge in [0.25, 0.3) is 10.0 Å². The van der Waals surface area contributed by atoms with Gasteiger partial charge in [-0.3, -0.25) is 4.72 Å². The van der Waals surface area contributed by atoms with Gasteiger partial charge >= 0.3 is 0 Å². The van der Waals surface area contributed by atoms with Crippen LogP contribution in [-0.2, 0) is 10.0 Å². The van der Waals surface area contributed by atoms with E-state index in [1.807, 2.05) is 13.8 Å². The Kier molecular flexibility index (Phi) is 3.69. The summed E-state index contributed by atoms with van der Waals surface area (Å²) in [6.07, 6.45) is 1.45. The zero-order valence-electron chi connectivity index (χ0n) is 10.3. The van der Waals surface area contributed by atoms with E-state index in [9.17, 15) is 8.42 Å². The van der Waals surface area contributed by atoms with Crippen molar-refractivity contribution >= 4 is 32.3 Å². The molecule has 0 aliphatic heterocycles. The van der Waals surface area contributed by atoms with E-state index in [1.54, 1.807) is 0 Å². The van der Waals surface area contributed by atoms with Crippen molar-refractivity contribution in [2.24, 2.45) is 5.84 Å². The lowest BCUT2D eigenvalue weighted by atomic mass is 10.4. The summed E-state index contributed by atoms with van der Waals surface area (Å²) in [6, 6.07) is 2.94. The summed E-state index contributed by atoms with van der Waals surface area (Å²) in [7, 11) is -3.77. The van der Waals surface area contributed by atoms with Crippen LogP contribution in [0.1, 0.15) is 10.6 Å². The first kappa shape index (κ1) is 13.7. The fraction of sp³-hybridized carbons (Fsp3) is 0.200. The monoisotopic (exact) mass is 299 g/mol. The van der Waals surface area contributed by atoms with Crippen molar-refractivity contribution in [3.05, 3.63) is 28.9 Å². The van der Waals surface area contributed by atoms with Crippen LogP contribution in [0.25, 0.3) is 0 Å². The van der Waals surface area contributed by atoms with E-state index in [-0.39, 0.29) is 10.7 Å². The molecule has 0 aliphatic carbocycles. The van der Waals surface area contributed by atoms with Crippen molar-refractivity contribution in [2.75, 3.05) is 10.1 Å². The van der Waals surface area contributed by atoms with Gasteiger partial charge in [0.1, 0.15) is 4.90 Å². The molecule has 2 aromatic heterocycles. The molecule has 0 saturated heterocycles. The largest absolute Gasteiger partial charge is 0.307 e. The number of anilines is 2. The van der Waals surface area contributed by atoms with Crippen LogP contribution in [0.3, 0.4) is 0 Å². The Hall–Kier alpha value is -1.71. The molecule has 0 saturated carbocycles. The number of aromatic nitrogens is 2. The predicted molar refractivity (Wildman–Crippen MR) is 74.4 cm³/mol. The van der Waals surface area contributed by atoms with Crippen molar-refractivity contribution in [3.8, 4) is 0 Å². The zero-order chi connectivity index (χ0) is 14.0. The second-order valence-corrected chi connectivity index (χ2v) is 6.61. The normalized spacial score (nSPS) is 11.3. The molecule has 0 bridgehead atoms. The third-order valence-electron chi connectivity index (χ3n) is 2.45. The molecule has 0 spiro atoms. The van der Waals surface area contributed by atoms with Crippen LogP contribution in [0.2, 0.25) is 0 Å². The molecule has 0 radical (unpaired) electrons. The van der Waals surface area contributed by atoms with Gasteiger partial charge < -0.3 is 5.43 Å². The standard InChI is InChI=1S/C10H13N5O2S2/c1-6-7(2)18-10(13-6)15-19(16,17)8-4-3-5-12-9(8)14-11/h3-5H,11H2,1-2H3,(H,12,14)(H,13,15). The molecule has 0 amide bonds. The average Bonchev–Trinajstić information content (AvgIpc) is 2.67. The molecule has 9 heteroatoms. The maximum atomic E-state index is 12.2. The Morgan fingerprint density at radius 3 is 2.68 bits per heavy atom. The molecular formula is C10H13N5O2S2. The topological polar surface area (TPSA) is 110 Å². The van der Waals surface area contributed by atoms with Gasteiger partial charge in [-0.2, -0.15) is 0 Å². The molecule has 0 aromatic carbocycles. The quantitative estimate of drug-likeness (QED) is 0.579. The highest BCUT2D eigenvalue weighted by atomic mass is 32.2. The van der Waals surface area contributed by atoms with Crippen LogP contribution >= 0.6 is 11.3 Å². The van der Waals surface area contributed by atoms with Crippen LogP contribution in [0.4, 0.5) is 10.9 Å². The number of aryl methyl sites for hydroxylation is 2. The van der Waals surface area contributed by atoms with Gasteiger partial charge in [-0.05, 0) is 26.0 Å². The highest BCUT2D eigenvalue weighted by Crippen LogP contribution is 2.25. The van der Waals surface area contributed by atoms with Crippen molar-refractivity contribution in [2.45, 2.75) is 18.7 Å². The molecule has 2 rings (SSSR count). The number of nitrogen functional groups attached to an aromatic ring is 1. The minimum atomic E-state index is -3.77. The molecule has 4 N–H and O–H groups in total. The van der Waals surface area contributed by atoms with Crippen LogP contribution in [0.15, 0.2) is 23.2 Å². The first-order valence-electron chi connectivity index (χ1n) is 5.32. The smallest absolute Gasteiger partial charge is 0.267 e. The third kappa shape index (κ3) is 2.83. The van der Waals surface area contributed by atoms with Gasteiger partial charge in [0.2, 0.25) is 0 Å². The Morgan fingerprint density at radius 1 is 1.37 bits per heavy atom. The minimum absolute atomic E-state index is 0.0250. The molecule has 0 fully saturated rings. The molecule has 0 atom stereocenters. The van der Waals surface area contributed by atoms with E-state index in [2.05, 4.69) is 20.1 Å². The van der Waals surface area contributed by atoms with Gasteiger partial charge in [0.15, 0.2) is 10.9 Å². The maximum absolute atomic E-state index is 12.2. The van der Waals surface area contributed by atoms with Crippen LogP contribution in [-0.4, -0.2) is 18.4 Å². The number of hydrogen-bond donors (Lipinski definition) is 3. The number of nitrogens with two attached hydrogens (primary N) is 1. The maximum Gasteiger partial charge on any atom is 0.267 e. The summed E-state index contributed by atoms with van der Waals surface area (Å²) in [5, 5.41) is 0.321. The lowest BCUT2D eigenvalue weighted by molar-refractivity contribution is 0.601. The lowest BCUT2D eigenvalue weighted by Crippen LogP contribution is -2.18. The summed E-state index contributed by atoms with van der Waals surface area (Å²) in [4.78, 5) is 8.92. The number of hydrazine groups is 1. The van der Waals surface area contributed by atoms with Crippen molar-refractivity contribution in [1.82, 2.24) is 9.97 Å². The lowest BCUT2D eigenvalue weighted by Gasteiger charge is -2.08. The highest BCUT2D eigenvalue weighted by molar-refractivity contribution is 7.93. The Morgan fingerprint density at radius 2 is 2.11 bits per heavy atom. The fourth-order valence-corrected chi connectivity index (χ4v) is 3.57. The van der Waals surface area contributed by atoms with Crippen molar-refractivity contribution < 1.29 is 8.42 Å². The van der Waals surface area contributed by atoms with E-state index < -0.39 is 10.0 Å². The van der Waals surface area contributed by atoms with Crippen molar-refractivity contribution in [3.63, 3.8) is 0 Å². The number of thiazole rings is 1. The van der Waals surface area contributed by atoms with E-state index >= 15 is 0 Å². The average molecular weight is 299 g/mol. The van der Waals surface area contributed by atoms with Gasteiger partial charge in [-0.1, -0.05) is 0 Å². The summed E-state index contributed by atoms with van der Waals surface area (Å²) < 4.78 is 26.9. The van der Waals surface area contributed by atoms with Crippen LogP contribution in [0.5, 0.6) is 0 Å². The van der Waals surface area contributed by atoms with E-state index in [4.69, 9.17) is 5.84 Å². The zero-order valence-corrected chi connectivity index (χ0v) is 12.0. The SMILES string of the molecule is Cc1nc(NS(=O)(=O)c2cccnc2NN)sc1C. The number of pyridine rings is 1. The van der Waals surface area contributed by atoms with Gasteiger partial charge in [0.05, 0.1) is 5.69 Å². The Balaban J connectivity index is 2.37. The van der Waals surface area contributed by atoms with Gasteiger partial charge in [-0.25, -0.2) is 24.2 Å². The molecule has 102 valence electrons. The third-order valence-corrected chi connectivity index (χ3v) is 4.94. The summed E-state index contributed by atoms with van der Waals surface area (Å²) in [5.41, 5.74) is 3.05. The summed E-state index contributed by atoms with van der Waals surface area (Å²) >= 11 is 1.28. The predicted octanol–water partition coefficient (Wildman–Crippen LogP) is 1.24. The first-order chi connectivity index (χ1) is 8.94. The van der Waals surface area contributed by atoms with E-state index in [1.165, 1.54) is 29.7 Å². The molecular weight excluding hydrogens is 286 g/mol. The molecule has 2 heterocycles. The van der Waals surface area contributed by atoms with Crippen molar-refractivity contribution in [1.29, 1.82) is 0 Å². The molecule has 19 heavy (non-hydrogen) atoms. The number of rotatable bonds is 4. The number of hydrogen-bond acceptors (Lipinski definition) is 7. The van der Waals surface area contributed by atoms with E-state index in [0.717, 1.165) is 10.6 Å². The highest BCUT2D eigenvalue weighted by Gasteiger charge is 2.20. The second kappa shape index (κ2) is 5.11. The Labute approximate surface area is 114 Å². The van der Waals surface area contributed by atoms with Gasteiger partial charge in [-0.15, -0.1) is 11.3 Å². The second-order valence-electron chi connectivity index (χ2n) is 3.76. The van der Waals surface area contributed by atoms with Gasteiger partial charge in [0, 0.05) is 11.1 Å². The molecule has 0 aliphatic rings. The minimum Gasteiger partial charge on any atom is -0.307 e. The molecule has 2 aromatic rings. The number of nitrogens with one attached hydrogen (secondary N) is 2. The number of nitrogens with zero attached hydrogens (tertiary/aromatic N) is 2. The van der Waals surface area contributed by atoms with Crippen LogP contribution < -0.4 is 16.0 Å². The number of sulfonamides is 1. The molecule has 7 nitrogen and oxygen atoms in total. The fourth-order valence-electron chi connectivity index (χ4n) is 1.40. The Bertz CT molecular complexity index is 676. The summed E-state index contributed by atoms with van der Waals surface area (Å²) in [6.45, 7) is 3.70. The first-order valence-corrected chi connectivity index (χ1v) is 7.62. The summed E-state index contributed by atoms with van der Waals surface area (Å²) in [5.74, 6) is 5.33.